The molecular weight excluding hydrogens is 396 g/mol. The number of ether oxygens (including phenoxy) is 1. The van der Waals surface area contributed by atoms with Gasteiger partial charge in [0.1, 0.15) is 17.8 Å². The van der Waals surface area contributed by atoms with E-state index in [1.807, 2.05) is 27.7 Å². The lowest BCUT2D eigenvalue weighted by Gasteiger charge is -2.28. The van der Waals surface area contributed by atoms with Crippen LogP contribution < -0.4 is 10.1 Å². The van der Waals surface area contributed by atoms with E-state index < -0.39 is 24.1 Å². The van der Waals surface area contributed by atoms with Gasteiger partial charge in [-0.15, -0.1) is 0 Å². The Balaban J connectivity index is 2.17. The summed E-state index contributed by atoms with van der Waals surface area (Å²) in [6.07, 6.45) is 0. The van der Waals surface area contributed by atoms with Crippen LogP contribution in [0.4, 0.5) is 13.6 Å². The zero-order chi connectivity index (χ0) is 22.6. The van der Waals surface area contributed by atoms with Gasteiger partial charge in [-0.3, -0.25) is 14.5 Å². The van der Waals surface area contributed by atoms with E-state index in [-0.39, 0.29) is 30.0 Å². The van der Waals surface area contributed by atoms with Crippen molar-refractivity contribution in [1.82, 2.24) is 15.1 Å². The summed E-state index contributed by atoms with van der Waals surface area (Å²) >= 11 is 0. The first kappa shape index (κ1) is 23.6. The molecule has 0 spiro atoms. The number of benzene rings is 1. The second kappa shape index (κ2) is 9.40. The Morgan fingerprint density at radius 3 is 2.10 bits per heavy atom. The van der Waals surface area contributed by atoms with Crippen molar-refractivity contribution in [2.45, 2.75) is 46.8 Å². The van der Waals surface area contributed by atoms with Gasteiger partial charge in [-0.05, 0) is 36.5 Å². The summed E-state index contributed by atoms with van der Waals surface area (Å²) in [5.41, 5.74) is -1.000. The highest BCUT2D eigenvalue weighted by Gasteiger charge is 2.49. The number of rotatable bonds is 9. The number of nitrogens with zero attached hydrogens (tertiary/aromatic N) is 2. The molecule has 0 saturated carbocycles. The van der Waals surface area contributed by atoms with Crippen LogP contribution in [0.5, 0.6) is 5.75 Å². The Labute approximate surface area is 175 Å². The van der Waals surface area contributed by atoms with E-state index in [9.17, 15) is 23.2 Å². The molecule has 0 radical (unpaired) electrons. The molecule has 1 aromatic carbocycles. The van der Waals surface area contributed by atoms with Crippen LogP contribution in [0.1, 0.15) is 40.2 Å². The van der Waals surface area contributed by atoms with Crippen LogP contribution in [0.2, 0.25) is 0 Å². The minimum absolute atomic E-state index is 0.0563. The Morgan fingerprint density at radius 2 is 1.63 bits per heavy atom. The van der Waals surface area contributed by atoms with Crippen LogP contribution in [0, 0.1) is 11.8 Å². The molecule has 1 aliphatic heterocycles. The summed E-state index contributed by atoms with van der Waals surface area (Å²) in [6, 6.07) is 4.80. The number of imide groups is 1. The molecule has 1 atom stereocenters. The predicted octanol–water partition coefficient (Wildman–Crippen LogP) is 3.20. The van der Waals surface area contributed by atoms with E-state index in [0.717, 1.165) is 4.90 Å². The van der Waals surface area contributed by atoms with E-state index in [4.69, 9.17) is 0 Å². The maximum Gasteiger partial charge on any atom is 0.387 e. The van der Waals surface area contributed by atoms with Gasteiger partial charge in [0.05, 0.1) is 0 Å². The van der Waals surface area contributed by atoms with E-state index in [0.29, 0.717) is 18.7 Å². The van der Waals surface area contributed by atoms with Crippen molar-refractivity contribution < 1.29 is 27.9 Å². The van der Waals surface area contributed by atoms with Gasteiger partial charge in [-0.2, -0.15) is 8.78 Å². The molecule has 1 N–H and O–H groups in total. The van der Waals surface area contributed by atoms with Crippen LogP contribution in [-0.4, -0.2) is 53.9 Å². The molecule has 166 valence electrons. The Morgan fingerprint density at radius 1 is 1.10 bits per heavy atom. The second-order valence-corrected chi connectivity index (χ2v) is 8.44. The molecule has 1 saturated heterocycles. The molecule has 1 aliphatic rings. The number of halogens is 2. The average molecular weight is 425 g/mol. The molecule has 0 bridgehead atoms. The third-order valence-electron chi connectivity index (χ3n) is 4.75. The fourth-order valence-electron chi connectivity index (χ4n) is 3.40. The second-order valence-electron chi connectivity index (χ2n) is 8.44. The lowest BCUT2D eigenvalue weighted by atomic mass is 9.92. The van der Waals surface area contributed by atoms with Crippen LogP contribution in [0.25, 0.3) is 0 Å². The fraction of sp³-hybridized carbons (Fsp3) is 0.571. The fourth-order valence-corrected chi connectivity index (χ4v) is 3.40. The molecule has 1 heterocycles. The average Bonchev–Trinajstić information content (AvgIpc) is 2.84. The number of hydrogen-bond acceptors (Lipinski definition) is 4. The summed E-state index contributed by atoms with van der Waals surface area (Å²) in [7, 11) is 0. The van der Waals surface area contributed by atoms with Crippen molar-refractivity contribution in [2.24, 2.45) is 11.8 Å². The molecular formula is C21H29F2N3O4. The zero-order valence-electron chi connectivity index (χ0n) is 17.9. The molecule has 1 aromatic rings. The Hall–Kier alpha value is -2.71. The highest BCUT2D eigenvalue weighted by molar-refractivity contribution is 6.09. The monoisotopic (exact) mass is 425 g/mol. The third kappa shape index (κ3) is 5.46. The summed E-state index contributed by atoms with van der Waals surface area (Å²) in [6.45, 7) is 7.24. The Bertz CT molecular complexity index is 773. The normalized spacial score (nSPS) is 19.1. The zero-order valence-corrected chi connectivity index (χ0v) is 17.9. The van der Waals surface area contributed by atoms with Gasteiger partial charge in [0.2, 0.25) is 5.91 Å². The quantitative estimate of drug-likeness (QED) is 0.617. The number of amides is 4. The van der Waals surface area contributed by atoms with Crippen molar-refractivity contribution in [2.75, 3.05) is 19.6 Å². The molecule has 2 rings (SSSR count). The first-order chi connectivity index (χ1) is 13.9. The maximum atomic E-state index is 13.0. The van der Waals surface area contributed by atoms with E-state index in [1.54, 1.807) is 4.90 Å². The maximum absolute atomic E-state index is 13.0. The summed E-state index contributed by atoms with van der Waals surface area (Å²) < 4.78 is 29.0. The van der Waals surface area contributed by atoms with Gasteiger partial charge in [-0.25, -0.2) is 4.79 Å². The van der Waals surface area contributed by atoms with Crippen molar-refractivity contribution >= 4 is 17.8 Å². The number of nitrogens with one attached hydrogen (secondary N) is 1. The minimum Gasteiger partial charge on any atom is -0.435 e. The first-order valence-corrected chi connectivity index (χ1v) is 9.91. The highest BCUT2D eigenvalue weighted by atomic mass is 19.3. The van der Waals surface area contributed by atoms with E-state index >= 15 is 0 Å². The number of alkyl halides is 2. The first-order valence-electron chi connectivity index (χ1n) is 9.91. The molecule has 30 heavy (non-hydrogen) atoms. The smallest absolute Gasteiger partial charge is 0.387 e. The summed E-state index contributed by atoms with van der Waals surface area (Å²) in [5.74, 6) is -0.437. The number of carbonyl (C=O) groups excluding carboxylic acids is 3. The molecule has 7 nitrogen and oxygen atoms in total. The van der Waals surface area contributed by atoms with Crippen molar-refractivity contribution in [3.63, 3.8) is 0 Å². The molecule has 0 aliphatic carbocycles. The van der Waals surface area contributed by atoms with Crippen LogP contribution in [-0.2, 0) is 15.1 Å². The van der Waals surface area contributed by atoms with Gasteiger partial charge >= 0.3 is 12.6 Å². The number of urea groups is 1. The van der Waals surface area contributed by atoms with Gasteiger partial charge in [0.25, 0.3) is 5.91 Å². The number of hydrogen-bond donors (Lipinski definition) is 1. The Kier molecular flexibility index (Phi) is 7.39. The third-order valence-corrected chi connectivity index (χ3v) is 4.75. The minimum atomic E-state index is -2.96. The lowest BCUT2D eigenvalue weighted by Crippen LogP contribution is -2.46. The van der Waals surface area contributed by atoms with Crippen molar-refractivity contribution in [1.29, 1.82) is 0 Å². The van der Waals surface area contributed by atoms with Crippen LogP contribution in [0.15, 0.2) is 24.3 Å². The largest absolute Gasteiger partial charge is 0.435 e. The topological polar surface area (TPSA) is 79.0 Å². The molecule has 0 aromatic heterocycles. The molecule has 1 fully saturated rings. The summed E-state index contributed by atoms with van der Waals surface area (Å²) in [5, 5.41) is 2.61. The van der Waals surface area contributed by atoms with Gasteiger partial charge in [-0.1, -0.05) is 39.8 Å². The standard InChI is InChI=1S/C21H29F2N3O4/c1-13(2)10-25(11-14(3)4)17(27)12-26-18(28)21(5,24-20(26)29)15-6-8-16(9-7-15)30-19(22)23/h6-9,13-14,19H,10-12H2,1-5H3,(H,24,29)/t21-/m0/s1. The SMILES string of the molecule is CC(C)CN(CC(C)C)C(=O)CN1C(=O)N[C@@](C)(c2ccc(OC(F)F)cc2)C1=O. The molecule has 9 heteroatoms. The van der Waals surface area contributed by atoms with E-state index in [2.05, 4.69) is 10.1 Å². The van der Waals surface area contributed by atoms with Crippen molar-refractivity contribution in [3.05, 3.63) is 29.8 Å². The highest BCUT2D eigenvalue weighted by Crippen LogP contribution is 2.30. The predicted molar refractivity (Wildman–Crippen MR) is 107 cm³/mol. The van der Waals surface area contributed by atoms with E-state index in [1.165, 1.54) is 31.2 Å². The molecule has 4 amide bonds. The molecule has 0 unspecified atom stereocenters. The lowest BCUT2D eigenvalue weighted by molar-refractivity contribution is -0.139. The number of carbonyl (C=O) groups is 3. The van der Waals surface area contributed by atoms with Gasteiger partial charge in [0, 0.05) is 13.1 Å². The van der Waals surface area contributed by atoms with Crippen LogP contribution >= 0.6 is 0 Å². The van der Waals surface area contributed by atoms with Gasteiger partial charge in [0.15, 0.2) is 0 Å². The van der Waals surface area contributed by atoms with Gasteiger partial charge < -0.3 is 15.0 Å². The van der Waals surface area contributed by atoms with Crippen molar-refractivity contribution in [3.8, 4) is 5.75 Å². The van der Waals surface area contributed by atoms with Crippen LogP contribution in [0.3, 0.4) is 0 Å². The summed E-state index contributed by atoms with van der Waals surface area (Å²) in [4.78, 5) is 40.9.